The lowest BCUT2D eigenvalue weighted by Gasteiger charge is -2.05. The van der Waals surface area contributed by atoms with Crippen LogP contribution in [0.25, 0.3) is 0 Å². The second-order valence-corrected chi connectivity index (χ2v) is 4.14. The fourth-order valence-electron chi connectivity index (χ4n) is 1.78. The van der Waals surface area contributed by atoms with E-state index < -0.39 is 11.7 Å². The molecule has 0 aromatic heterocycles. The zero-order valence-corrected chi connectivity index (χ0v) is 9.20. The molecule has 1 aromatic carbocycles. The second-order valence-electron chi connectivity index (χ2n) is 4.14. The lowest BCUT2D eigenvalue weighted by atomic mass is 9.98. The lowest BCUT2D eigenvalue weighted by Crippen LogP contribution is -2.21. The van der Waals surface area contributed by atoms with Crippen LogP contribution in [0.1, 0.15) is 12.5 Å². The van der Waals surface area contributed by atoms with E-state index in [0.29, 0.717) is 6.42 Å². The van der Waals surface area contributed by atoms with Crippen molar-refractivity contribution in [3.05, 3.63) is 35.6 Å². The highest BCUT2D eigenvalue weighted by Gasteiger charge is 2.57. The molecular weight excluding hydrogens is 211 g/mol. The number of hydrogen-bond donors (Lipinski definition) is 0. The third kappa shape index (κ3) is 2.07. The summed E-state index contributed by atoms with van der Waals surface area (Å²) in [6, 6.07) is 6.18. The molecule has 4 heteroatoms. The Morgan fingerprint density at radius 1 is 1.50 bits per heavy atom. The number of epoxide rings is 1. The average molecular weight is 224 g/mol. The molecule has 1 saturated heterocycles. The predicted molar refractivity (Wildman–Crippen MR) is 55.4 cm³/mol. The van der Waals surface area contributed by atoms with Gasteiger partial charge in [-0.3, -0.25) is 0 Å². The van der Waals surface area contributed by atoms with Gasteiger partial charge in [-0.15, -0.1) is 0 Å². The van der Waals surface area contributed by atoms with Crippen LogP contribution in [0.2, 0.25) is 0 Å². The van der Waals surface area contributed by atoms with Gasteiger partial charge < -0.3 is 9.47 Å². The van der Waals surface area contributed by atoms with Crippen LogP contribution in [-0.2, 0) is 20.7 Å². The van der Waals surface area contributed by atoms with Crippen molar-refractivity contribution in [3.8, 4) is 0 Å². The Hall–Kier alpha value is -1.42. The van der Waals surface area contributed by atoms with E-state index in [4.69, 9.17) is 4.74 Å². The number of ether oxygens (including phenoxy) is 2. The number of esters is 1. The molecule has 0 radical (unpaired) electrons. The molecular formula is C12H13FO3. The summed E-state index contributed by atoms with van der Waals surface area (Å²) in [5.41, 5.74) is 0.431. The normalized spacial score (nSPS) is 27.6. The summed E-state index contributed by atoms with van der Waals surface area (Å²) in [5.74, 6) is -0.625. The Morgan fingerprint density at radius 2 is 2.12 bits per heavy atom. The van der Waals surface area contributed by atoms with Gasteiger partial charge in [0.05, 0.1) is 7.11 Å². The van der Waals surface area contributed by atoms with Crippen molar-refractivity contribution in [2.24, 2.45) is 0 Å². The number of methoxy groups -OCH3 is 1. The van der Waals surface area contributed by atoms with Crippen molar-refractivity contribution in [3.63, 3.8) is 0 Å². The molecule has 0 bridgehead atoms. The number of benzene rings is 1. The first-order valence-corrected chi connectivity index (χ1v) is 5.05. The summed E-state index contributed by atoms with van der Waals surface area (Å²) < 4.78 is 22.6. The first-order chi connectivity index (χ1) is 7.55. The third-order valence-corrected chi connectivity index (χ3v) is 2.77. The molecule has 1 aliphatic heterocycles. The van der Waals surface area contributed by atoms with Crippen LogP contribution >= 0.6 is 0 Å². The van der Waals surface area contributed by atoms with E-state index in [0.717, 1.165) is 5.56 Å². The van der Waals surface area contributed by atoms with Crippen molar-refractivity contribution in [2.75, 3.05) is 7.11 Å². The molecule has 1 heterocycles. The molecule has 3 nitrogen and oxygen atoms in total. The highest BCUT2D eigenvalue weighted by Crippen LogP contribution is 2.39. The summed E-state index contributed by atoms with van der Waals surface area (Å²) in [4.78, 5) is 11.2. The van der Waals surface area contributed by atoms with Gasteiger partial charge in [-0.2, -0.15) is 0 Å². The SMILES string of the molecule is COC(=O)C1OC1(C)Cc1ccc(F)cc1. The van der Waals surface area contributed by atoms with Crippen LogP contribution in [0.3, 0.4) is 0 Å². The maximum atomic E-state index is 12.7. The minimum Gasteiger partial charge on any atom is -0.467 e. The summed E-state index contributed by atoms with van der Waals surface area (Å²) >= 11 is 0. The molecule has 86 valence electrons. The molecule has 2 rings (SSSR count). The Labute approximate surface area is 93.2 Å². The van der Waals surface area contributed by atoms with Gasteiger partial charge in [0.1, 0.15) is 11.4 Å². The van der Waals surface area contributed by atoms with Crippen molar-refractivity contribution in [1.29, 1.82) is 0 Å². The highest BCUT2D eigenvalue weighted by molar-refractivity contribution is 5.79. The van der Waals surface area contributed by atoms with Gasteiger partial charge in [-0.1, -0.05) is 12.1 Å². The average Bonchev–Trinajstić information content (AvgIpc) is 2.93. The van der Waals surface area contributed by atoms with E-state index in [1.807, 2.05) is 6.92 Å². The van der Waals surface area contributed by atoms with Gasteiger partial charge in [-0.05, 0) is 24.6 Å². The Balaban J connectivity index is 2.01. The van der Waals surface area contributed by atoms with Crippen LogP contribution in [0.4, 0.5) is 4.39 Å². The first kappa shape index (κ1) is 11.1. The van der Waals surface area contributed by atoms with Gasteiger partial charge in [0.2, 0.25) is 0 Å². The summed E-state index contributed by atoms with van der Waals surface area (Å²) in [7, 11) is 1.34. The molecule has 1 aromatic rings. The molecule has 1 aliphatic rings. The molecule has 0 N–H and O–H groups in total. The van der Waals surface area contributed by atoms with Crippen LogP contribution in [0, 0.1) is 5.82 Å². The zero-order chi connectivity index (χ0) is 11.8. The first-order valence-electron chi connectivity index (χ1n) is 5.05. The fourth-order valence-corrected chi connectivity index (χ4v) is 1.78. The van der Waals surface area contributed by atoms with Gasteiger partial charge in [-0.25, -0.2) is 9.18 Å². The number of carbonyl (C=O) groups excluding carboxylic acids is 1. The Bertz CT molecular complexity index is 401. The monoisotopic (exact) mass is 224 g/mol. The number of halogens is 1. The number of carbonyl (C=O) groups is 1. The molecule has 1 fully saturated rings. The predicted octanol–water partition coefficient (Wildman–Crippen LogP) is 1.70. The van der Waals surface area contributed by atoms with Gasteiger partial charge >= 0.3 is 5.97 Å². The molecule has 16 heavy (non-hydrogen) atoms. The van der Waals surface area contributed by atoms with E-state index in [-0.39, 0.29) is 11.8 Å². The summed E-state index contributed by atoms with van der Waals surface area (Å²) in [5, 5.41) is 0. The van der Waals surface area contributed by atoms with Crippen LogP contribution in [0.15, 0.2) is 24.3 Å². The van der Waals surface area contributed by atoms with E-state index in [9.17, 15) is 9.18 Å². The second kappa shape index (κ2) is 3.87. The Morgan fingerprint density at radius 3 is 2.69 bits per heavy atom. The number of rotatable bonds is 3. The zero-order valence-electron chi connectivity index (χ0n) is 9.20. The molecule has 2 atom stereocenters. The fraction of sp³-hybridized carbons (Fsp3) is 0.417. The summed E-state index contributed by atoms with van der Waals surface area (Å²) in [6.45, 7) is 1.85. The minimum atomic E-state index is -0.509. The van der Waals surface area contributed by atoms with Crippen LogP contribution < -0.4 is 0 Å². The topological polar surface area (TPSA) is 38.8 Å². The van der Waals surface area contributed by atoms with Gasteiger partial charge in [0, 0.05) is 6.42 Å². The van der Waals surface area contributed by atoms with E-state index >= 15 is 0 Å². The Kier molecular flexibility index (Phi) is 2.68. The van der Waals surface area contributed by atoms with Crippen molar-refractivity contribution in [1.82, 2.24) is 0 Å². The molecule has 0 aliphatic carbocycles. The third-order valence-electron chi connectivity index (χ3n) is 2.77. The maximum absolute atomic E-state index is 12.7. The smallest absolute Gasteiger partial charge is 0.338 e. The van der Waals surface area contributed by atoms with Crippen molar-refractivity contribution in [2.45, 2.75) is 25.0 Å². The van der Waals surface area contributed by atoms with E-state index in [1.54, 1.807) is 12.1 Å². The van der Waals surface area contributed by atoms with Crippen LogP contribution in [-0.4, -0.2) is 24.8 Å². The molecule has 0 amide bonds. The largest absolute Gasteiger partial charge is 0.467 e. The van der Waals surface area contributed by atoms with Crippen molar-refractivity contribution >= 4 is 5.97 Å². The van der Waals surface area contributed by atoms with Gasteiger partial charge in [0.15, 0.2) is 6.10 Å². The standard InChI is InChI=1S/C12H13FO3/c1-12(10(16-12)11(14)15-2)7-8-3-5-9(13)6-4-8/h3-6,10H,7H2,1-2H3. The van der Waals surface area contributed by atoms with Crippen molar-refractivity contribution < 1.29 is 18.7 Å². The molecule has 0 saturated carbocycles. The van der Waals surface area contributed by atoms with E-state index in [1.165, 1.54) is 19.2 Å². The molecule has 0 spiro atoms. The summed E-state index contributed by atoms with van der Waals surface area (Å²) in [6.07, 6.45) is 0.0788. The molecule has 2 unspecified atom stereocenters. The van der Waals surface area contributed by atoms with Gasteiger partial charge in [0.25, 0.3) is 0 Å². The lowest BCUT2D eigenvalue weighted by molar-refractivity contribution is -0.142. The maximum Gasteiger partial charge on any atom is 0.338 e. The van der Waals surface area contributed by atoms with E-state index in [2.05, 4.69) is 4.74 Å². The van der Waals surface area contributed by atoms with Crippen LogP contribution in [0.5, 0.6) is 0 Å². The highest BCUT2D eigenvalue weighted by atomic mass is 19.1. The minimum absolute atomic E-state index is 0.268. The number of hydrogen-bond acceptors (Lipinski definition) is 3. The quantitative estimate of drug-likeness (QED) is 0.579.